The number of carbonyl (C=O) groups excluding carboxylic acids is 2. The van der Waals surface area contributed by atoms with Gasteiger partial charge in [0.2, 0.25) is 5.91 Å². The van der Waals surface area contributed by atoms with Gasteiger partial charge in [-0.25, -0.2) is 14.4 Å². The third-order valence-corrected chi connectivity index (χ3v) is 5.93. The summed E-state index contributed by atoms with van der Waals surface area (Å²) >= 11 is 0. The lowest BCUT2D eigenvalue weighted by Crippen LogP contribution is -2.37. The minimum Gasteiger partial charge on any atom is -0.273 e. The van der Waals surface area contributed by atoms with Crippen molar-refractivity contribution in [2.45, 2.75) is 26.0 Å². The van der Waals surface area contributed by atoms with E-state index in [0.29, 0.717) is 11.3 Å². The highest BCUT2D eigenvalue weighted by atomic mass is 19.1. The van der Waals surface area contributed by atoms with E-state index in [9.17, 15) is 14.0 Å². The van der Waals surface area contributed by atoms with Crippen LogP contribution in [-0.4, -0.2) is 17.9 Å². The molecule has 2 fully saturated rings. The van der Waals surface area contributed by atoms with E-state index in [1.807, 2.05) is 56.3 Å². The summed E-state index contributed by atoms with van der Waals surface area (Å²) in [5, 5.41) is 1.61. The van der Waals surface area contributed by atoms with Gasteiger partial charge in [-0.05, 0) is 55.3 Å². The summed E-state index contributed by atoms with van der Waals surface area (Å²) in [6.45, 7) is 3.84. The van der Waals surface area contributed by atoms with Crippen molar-refractivity contribution in [3.63, 3.8) is 0 Å². The predicted octanol–water partition coefficient (Wildman–Crippen LogP) is 4.49. The number of para-hydroxylation sites is 1. The lowest BCUT2D eigenvalue weighted by molar-refractivity contribution is -0.126. The van der Waals surface area contributed by atoms with Gasteiger partial charge in [0.15, 0.2) is 6.10 Å². The van der Waals surface area contributed by atoms with Crippen molar-refractivity contribution in [1.29, 1.82) is 0 Å². The molecule has 5 nitrogen and oxygen atoms in total. The number of rotatable bonds is 3. The quantitative estimate of drug-likeness (QED) is 0.590. The second kappa shape index (κ2) is 7.32. The van der Waals surface area contributed by atoms with Crippen LogP contribution in [0.5, 0.6) is 0 Å². The van der Waals surface area contributed by atoms with Gasteiger partial charge in [0.25, 0.3) is 5.91 Å². The summed E-state index contributed by atoms with van der Waals surface area (Å²) in [5.41, 5.74) is 3.91. The van der Waals surface area contributed by atoms with Gasteiger partial charge < -0.3 is 0 Å². The maximum atomic E-state index is 13.6. The van der Waals surface area contributed by atoms with Crippen molar-refractivity contribution in [2.75, 3.05) is 9.96 Å². The minimum atomic E-state index is -0.941. The Hall–Kier alpha value is -3.51. The van der Waals surface area contributed by atoms with E-state index in [1.165, 1.54) is 17.0 Å². The van der Waals surface area contributed by atoms with Gasteiger partial charge in [0.05, 0.1) is 17.4 Å². The first-order valence-corrected chi connectivity index (χ1v) is 10.2. The molecule has 5 rings (SSSR count). The minimum absolute atomic E-state index is 0.310. The fraction of sp³-hybridized carbons (Fsp3) is 0.200. The van der Waals surface area contributed by atoms with Gasteiger partial charge in [-0.15, -0.1) is 0 Å². The smallest absolute Gasteiger partial charge is 0.266 e. The molecule has 2 aliphatic rings. The number of fused-ring (bicyclic) bond motifs is 1. The summed E-state index contributed by atoms with van der Waals surface area (Å²) in [4.78, 5) is 34.3. The van der Waals surface area contributed by atoms with Crippen LogP contribution in [0.15, 0.2) is 72.8 Å². The number of amides is 2. The Morgan fingerprint density at radius 3 is 2.26 bits per heavy atom. The van der Waals surface area contributed by atoms with Crippen LogP contribution in [0.3, 0.4) is 0 Å². The van der Waals surface area contributed by atoms with E-state index < -0.39 is 18.1 Å². The SMILES string of the molecule is Cc1ccc(N2C(=O)[C@@H]3[C@H](ON(c4ccccc4)[C@@H]3c3ccc(F)cc3)C2=O)c(C)c1. The number of imide groups is 1. The third kappa shape index (κ3) is 3.11. The van der Waals surface area contributed by atoms with Crippen LogP contribution in [0.2, 0.25) is 0 Å². The molecule has 0 radical (unpaired) electrons. The first-order valence-electron chi connectivity index (χ1n) is 10.2. The van der Waals surface area contributed by atoms with E-state index in [2.05, 4.69) is 0 Å². The zero-order valence-electron chi connectivity index (χ0n) is 17.2. The zero-order chi connectivity index (χ0) is 21.7. The summed E-state index contributed by atoms with van der Waals surface area (Å²) < 4.78 is 13.6. The Morgan fingerprint density at radius 1 is 0.871 bits per heavy atom. The Kier molecular flexibility index (Phi) is 4.59. The van der Waals surface area contributed by atoms with E-state index in [1.54, 1.807) is 23.3 Å². The lowest BCUT2D eigenvalue weighted by atomic mass is 9.90. The lowest BCUT2D eigenvalue weighted by Gasteiger charge is -2.29. The molecule has 2 amide bonds. The molecule has 3 atom stereocenters. The van der Waals surface area contributed by atoms with E-state index in [0.717, 1.165) is 16.8 Å². The van der Waals surface area contributed by atoms with E-state index in [4.69, 9.17) is 4.84 Å². The number of hydrogen-bond donors (Lipinski definition) is 0. The molecule has 0 spiro atoms. The molecule has 0 N–H and O–H groups in total. The number of hydrogen-bond acceptors (Lipinski definition) is 4. The van der Waals surface area contributed by atoms with Crippen molar-refractivity contribution in [3.8, 4) is 0 Å². The molecular weight excluding hydrogens is 395 g/mol. The van der Waals surface area contributed by atoms with Gasteiger partial charge in [0.1, 0.15) is 11.7 Å². The topological polar surface area (TPSA) is 49.9 Å². The highest BCUT2D eigenvalue weighted by molar-refractivity contribution is 6.24. The molecule has 0 unspecified atom stereocenters. The Morgan fingerprint density at radius 2 is 1.58 bits per heavy atom. The first kappa shape index (κ1) is 19.5. The number of anilines is 2. The Labute approximate surface area is 179 Å². The number of hydroxylamine groups is 1. The Bertz CT molecular complexity index is 1160. The summed E-state index contributed by atoms with van der Waals surface area (Å²) in [6.07, 6.45) is -0.941. The van der Waals surface area contributed by atoms with Crippen molar-refractivity contribution < 1.29 is 18.8 Å². The largest absolute Gasteiger partial charge is 0.273 e. The van der Waals surface area contributed by atoms with Crippen LogP contribution < -0.4 is 9.96 Å². The second-order valence-electron chi connectivity index (χ2n) is 8.01. The predicted molar refractivity (Wildman–Crippen MR) is 115 cm³/mol. The molecule has 2 heterocycles. The van der Waals surface area contributed by atoms with Gasteiger partial charge >= 0.3 is 0 Å². The molecule has 2 aliphatic heterocycles. The number of nitrogens with zero attached hydrogens (tertiary/aromatic N) is 2. The average molecular weight is 416 g/mol. The summed E-state index contributed by atoms with van der Waals surface area (Å²) in [6, 6.07) is 20.4. The third-order valence-electron chi connectivity index (χ3n) is 5.93. The number of benzene rings is 3. The van der Waals surface area contributed by atoms with Gasteiger partial charge in [0, 0.05) is 0 Å². The molecule has 6 heteroatoms. The molecular formula is C25H21FN2O3. The fourth-order valence-corrected chi connectivity index (χ4v) is 4.51. The maximum absolute atomic E-state index is 13.6. The van der Waals surface area contributed by atoms with Crippen LogP contribution in [-0.2, 0) is 14.4 Å². The van der Waals surface area contributed by atoms with Crippen LogP contribution in [0.1, 0.15) is 22.7 Å². The van der Waals surface area contributed by atoms with Gasteiger partial charge in [-0.1, -0.05) is 48.0 Å². The monoisotopic (exact) mass is 416 g/mol. The highest BCUT2D eigenvalue weighted by Crippen LogP contribution is 2.47. The van der Waals surface area contributed by atoms with Crippen molar-refractivity contribution in [1.82, 2.24) is 0 Å². The van der Waals surface area contributed by atoms with Crippen LogP contribution in [0.4, 0.5) is 15.8 Å². The molecule has 2 saturated heterocycles. The Balaban J connectivity index is 1.59. The van der Waals surface area contributed by atoms with Crippen molar-refractivity contribution in [2.24, 2.45) is 5.92 Å². The van der Waals surface area contributed by atoms with Crippen LogP contribution in [0.25, 0.3) is 0 Å². The molecule has 0 aliphatic carbocycles. The average Bonchev–Trinajstić information content (AvgIpc) is 3.26. The zero-order valence-corrected chi connectivity index (χ0v) is 17.2. The second-order valence-corrected chi connectivity index (χ2v) is 8.01. The summed E-state index contributed by atoms with van der Waals surface area (Å²) in [5.74, 6) is -1.79. The van der Waals surface area contributed by atoms with Gasteiger partial charge in [-0.3, -0.25) is 14.4 Å². The molecule has 31 heavy (non-hydrogen) atoms. The molecule has 0 saturated carbocycles. The van der Waals surface area contributed by atoms with Gasteiger partial charge in [-0.2, -0.15) is 0 Å². The molecule has 3 aromatic rings. The standard InChI is InChI=1S/C25H21FN2O3/c1-15-8-13-20(16(2)14-15)27-24(29)21-22(17-9-11-18(26)12-10-17)28(31-23(21)25(27)30)19-6-4-3-5-7-19/h3-14,21-23H,1-2H3/t21-,22+,23-/m0/s1. The fourth-order valence-electron chi connectivity index (χ4n) is 4.51. The van der Waals surface area contributed by atoms with E-state index >= 15 is 0 Å². The number of carbonyl (C=O) groups is 2. The molecule has 0 bridgehead atoms. The molecule has 3 aromatic carbocycles. The van der Waals surface area contributed by atoms with Crippen molar-refractivity contribution >= 4 is 23.2 Å². The van der Waals surface area contributed by atoms with Crippen LogP contribution in [0, 0.1) is 25.6 Å². The highest BCUT2D eigenvalue weighted by Gasteiger charge is 2.60. The van der Waals surface area contributed by atoms with Crippen molar-refractivity contribution in [3.05, 3.63) is 95.3 Å². The normalized spacial score (nSPS) is 22.9. The number of aryl methyl sites for hydroxylation is 2. The van der Waals surface area contributed by atoms with E-state index in [-0.39, 0.29) is 17.6 Å². The summed E-state index contributed by atoms with van der Waals surface area (Å²) in [7, 11) is 0. The first-order chi connectivity index (χ1) is 15.0. The maximum Gasteiger partial charge on any atom is 0.266 e. The number of halogens is 1. The molecule has 156 valence electrons. The molecule has 0 aromatic heterocycles. The van der Waals surface area contributed by atoms with Crippen LogP contribution >= 0.6 is 0 Å².